The Bertz CT molecular complexity index is 820. The smallest absolute Gasteiger partial charge is 0.171 e. The number of anilines is 1. The van der Waals surface area contributed by atoms with Crippen LogP contribution in [0.2, 0.25) is 0 Å². The number of hydrogen-bond donors (Lipinski definition) is 1. The summed E-state index contributed by atoms with van der Waals surface area (Å²) in [5, 5.41) is 7.69. The first-order valence-electron chi connectivity index (χ1n) is 8.21. The van der Waals surface area contributed by atoms with Crippen LogP contribution in [0, 0.1) is 5.92 Å². The number of ether oxygens (including phenoxy) is 1. The highest BCUT2D eigenvalue weighted by Crippen LogP contribution is 2.33. The fraction of sp³-hybridized carbons (Fsp3) is 0.333. The molecule has 1 saturated heterocycles. The van der Waals surface area contributed by atoms with Crippen LogP contribution in [0.5, 0.6) is 0 Å². The van der Waals surface area contributed by atoms with Crippen molar-refractivity contribution in [3.63, 3.8) is 0 Å². The molecule has 0 aliphatic carbocycles. The van der Waals surface area contributed by atoms with E-state index in [-0.39, 0.29) is 6.10 Å². The van der Waals surface area contributed by atoms with Crippen LogP contribution in [-0.2, 0) is 4.74 Å². The molecule has 6 heteroatoms. The minimum absolute atomic E-state index is 0.151. The molecule has 0 bridgehead atoms. The van der Waals surface area contributed by atoms with Gasteiger partial charge >= 0.3 is 0 Å². The lowest BCUT2D eigenvalue weighted by molar-refractivity contribution is -0.0238. The van der Waals surface area contributed by atoms with Crippen molar-refractivity contribution in [3.05, 3.63) is 58.8 Å². The molecule has 0 spiro atoms. The summed E-state index contributed by atoms with van der Waals surface area (Å²) in [6.45, 7) is 1.68. The molecule has 2 unspecified atom stereocenters. The van der Waals surface area contributed by atoms with Crippen LogP contribution in [0.1, 0.15) is 24.5 Å². The molecule has 2 atom stereocenters. The summed E-state index contributed by atoms with van der Waals surface area (Å²) in [6, 6.07) is 12.4. The van der Waals surface area contributed by atoms with Crippen LogP contribution in [0.15, 0.2) is 53.3 Å². The fourth-order valence-electron chi connectivity index (χ4n) is 3.24. The first-order chi connectivity index (χ1) is 11.8. The van der Waals surface area contributed by atoms with Crippen LogP contribution < -0.4 is 5.32 Å². The number of halogens is 1. The van der Waals surface area contributed by atoms with Crippen molar-refractivity contribution in [3.8, 4) is 0 Å². The van der Waals surface area contributed by atoms with E-state index in [4.69, 9.17) is 4.74 Å². The Balaban J connectivity index is 1.49. The monoisotopic (exact) mass is 386 g/mol. The SMILES string of the molecule is Brc1cnn2ccc(NCC3CCCOC3c3ccccc3)nc12. The molecule has 1 aliphatic rings. The molecule has 0 saturated carbocycles. The normalized spacial score (nSPS) is 21.0. The maximum Gasteiger partial charge on any atom is 0.171 e. The Kier molecular flexibility index (Phi) is 4.49. The predicted molar refractivity (Wildman–Crippen MR) is 97.0 cm³/mol. The van der Waals surface area contributed by atoms with Gasteiger partial charge < -0.3 is 10.1 Å². The van der Waals surface area contributed by atoms with Crippen molar-refractivity contribution in [1.29, 1.82) is 0 Å². The second-order valence-electron chi connectivity index (χ2n) is 6.06. The van der Waals surface area contributed by atoms with Gasteiger partial charge in [0.1, 0.15) is 5.82 Å². The van der Waals surface area contributed by atoms with E-state index in [2.05, 4.69) is 55.6 Å². The van der Waals surface area contributed by atoms with E-state index in [1.54, 1.807) is 10.7 Å². The van der Waals surface area contributed by atoms with Gasteiger partial charge in [0.15, 0.2) is 5.65 Å². The van der Waals surface area contributed by atoms with Crippen molar-refractivity contribution in [1.82, 2.24) is 14.6 Å². The van der Waals surface area contributed by atoms with E-state index >= 15 is 0 Å². The molecule has 3 aromatic rings. The molecule has 3 heterocycles. The summed E-state index contributed by atoms with van der Waals surface area (Å²) >= 11 is 3.48. The lowest BCUT2D eigenvalue weighted by Gasteiger charge is -2.32. The Morgan fingerprint density at radius 2 is 2.12 bits per heavy atom. The van der Waals surface area contributed by atoms with Gasteiger partial charge in [-0.3, -0.25) is 0 Å². The molecule has 1 fully saturated rings. The second-order valence-corrected chi connectivity index (χ2v) is 6.91. The number of aromatic nitrogens is 3. The fourth-order valence-corrected chi connectivity index (χ4v) is 3.60. The second kappa shape index (κ2) is 6.91. The Morgan fingerprint density at radius 1 is 1.25 bits per heavy atom. The van der Waals surface area contributed by atoms with Gasteiger partial charge in [-0.1, -0.05) is 30.3 Å². The molecule has 1 aliphatic heterocycles. The quantitative estimate of drug-likeness (QED) is 0.733. The molecular formula is C18H19BrN4O. The maximum atomic E-state index is 6.06. The number of hydrogen-bond acceptors (Lipinski definition) is 4. The lowest BCUT2D eigenvalue weighted by atomic mass is 9.89. The first-order valence-corrected chi connectivity index (χ1v) is 9.01. The molecule has 5 nitrogen and oxygen atoms in total. The van der Waals surface area contributed by atoms with Gasteiger partial charge in [-0.2, -0.15) is 5.10 Å². The van der Waals surface area contributed by atoms with Crippen LogP contribution in [0.25, 0.3) is 5.65 Å². The Morgan fingerprint density at radius 3 is 3.00 bits per heavy atom. The van der Waals surface area contributed by atoms with Gasteiger partial charge in [0.05, 0.1) is 16.8 Å². The number of nitrogens with zero attached hydrogens (tertiary/aromatic N) is 3. The van der Waals surface area contributed by atoms with E-state index < -0.39 is 0 Å². The number of nitrogens with one attached hydrogen (secondary N) is 1. The van der Waals surface area contributed by atoms with Gasteiger partial charge in [-0.05, 0) is 40.4 Å². The first kappa shape index (κ1) is 15.6. The average molecular weight is 387 g/mol. The molecule has 4 rings (SSSR count). The highest BCUT2D eigenvalue weighted by molar-refractivity contribution is 9.10. The van der Waals surface area contributed by atoms with Crippen molar-refractivity contribution in [2.45, 2.75) is 18.9 Å². The van der Waals surface area contributed by atoms with Crippen LogP contribution in [0.3, 0.4) is 0 Å². The summed E-state index contributed by atoms with van der Waals surface area (Å²) in [6.07, 6.45) is 6.09. The molecule has 24 heavy (non-hydrogen) atoms. The molecule has 0 amide bonds. The third-order valence-corrected chi connectivity index (χ3v) is 5.00. The van der Waals surface area contributed by atoms with Crippen molar-refractivity contribution >= 4 is 27.4 Å². The number of fused-ring (bicyclic) bond motifs is 1. The Hall–Kier alpha value is -1.92. The molecular weight excluding hydrogens is 368 g/mol. The third kappa shape index (κ3) is 3.16. The summed E-state index contributed by atoms with van der Waals surface area (Å²) in [4.78, 5) is 4.62. The number of benzene rings is 1. The topological polar surface area (TPSA) is 51.5 Å². The highest BCUT2D eigenvalue weighted by atomic mass is 79.9. The van der Waals surface area contributed by atoms with Crippen LogP contribution >= 0.6 is 15.9 Å². The summed E-state index contributed by atoms with van der Waals surface area (Å²) in [7, 11) is 0. The van der Waals surface area contributed by atoms with Gasteiger partial charge in [-0.15, -0.1) is 0 Å². The maximum absolute atomic E-state index is 6.06. The van der Waals surface area contributed by atoms with E-state index in [1.165, 1.54) is 5.56 Å². The number of rotatable bonds is 4. The summed E-state index contributed by atoms with van der Waals surface area (Å²) in [5.74, 6) is 1.30. The van der Waals surface area contributed by atoms with Crippen LogP contribution in [0.4, 0.5) is 5.82 Å². The summed E-state index contributed by atoms with van der Waals surface area (Å²) < 4.78 is 8.71. The lowest BCUT2D eigenvalue weighted by Crippen LogP contribution is -2.28. The van der Waals surface area contributed by atoms with Gasteiger partial charge in [0.25, 0.3) is 0 Å². The summed E-state index contributed by atoms with van der Waals surface area (Å²) in [5.41, 5.74) is 2.07. The highest BCUT2D eigenvalue weighted by Gasteiger charge is 2.27. The van der Waals surface area contributed by atoms with Crippen molar-refractivity contribution in [2.24, 2.45) is 5.92 Å². The minimum atomic E-state index is 0.151. The molecule has 124 valence electrons. The molecule has 0 radical (unpaired) electrons. The standard InChI is InChI=1S/C18H19BrN4O/c19-15-12-21-23-9-8-16(22-18(15)23)20-11-14-7-4-10-24-17(14)13-5-2-1-3-6-13/h1-3,5-6,8-9,12,14,17H,4,7,10-11H2,(H,20,22). The van der Waals surface area contributed by atoms with E-state index in [1.807, 2.05) is 18.3 Å². The van der Waals surface area contributed by atoms with E-state index in [9.17, 15) is 0 Å². The zero-order chi connectivity index (χ0) is 16.4. The predicted octanol–water partition coefficient (Wildman–Crippen LogP) is 4.07. The van der Waals surface area contributed by atoms with Gasteiger partial charge in [-0.25, -0.2) is 9.50 Å². The van der Waals surface area contributed by atoms with E-state index in [0.717, 1.165) is 41.9 Å². The Labute approximate surface area is 149 Å². The van der Waals surface area contributed by atoms with Crippen molar-refractivity contribution < 1.29 is 4.74 Å². The molecule has 2 aromatic heterocycles. The molecule has 1 N–H and O–H groups in total. The van der Waals surface area contributed by atoms with Gasteiger partial charge in [0.2, 0.25) is 0 Å². The average Bonchev–Trinajstić information content (AvgIpc) is 3.01. The third-order valence-electron chi connectivity index (χ3n) is 4.44. The van der Waals surface area contributed by atoms with E-state index in [0.29, 0.717) is 5.92 Å². The van der Waals surface area contributed by atoms with Gasteiger partial charge in [0, 0.05) is 25.3 Å². The van der Waals surface area contributed by atoms with Crippen LogP contribution in [-0.4, -0.2) is 27.7 Å². The van der Waals surface area contributed by atoms with Crippen molar-refractivity contribution in [2.75, 3.05) is 18.5 Å². The zero-order valence-corrected chi connectivity index (χ0v) is 14.8. The minimum Gasteiger partial charge on any atom is -0.373 e. The largest absolute Gasteiger partial charge is 0.373 e. The molecule has 1 aromatic carbocycles. The zero-order valence-electron chi connectivity index (χ0n) is 13.2.